The third kappa shape index (κ3) is 3.30. The van der Waals surface area contributed by atoms with Crippen molar-refractivity contribution in [2.75, 3.05) is 0 Å². The molecule has 0 saturated carbocycles. The number of hydrogen-bond donors (Lipinski definition) is 0. The lowest BCUT2D eigenvalue weighted by Crippen LogP contribution is -2.00. The SMILES string of the molecule is CCCC(CCC)c1ccc(Cl)cn1. The molecule has 14 heavy (non-hydrogen) atoms. The minimum Gasteiger partial charge on any atom is -0.259 e. The standard InChI is InChI=1S/C12H18ClN/c1-3-5-10(6-4-2)12-8-7-11(13)9-14-12/h7-10H,3-6H2,1-2H3. The summed E-state index contributed by atoms with van der Waals surface area (Å²) < 4.78 is 0. The topological polar surface area (TPSA) is 12.9 Å². The minimum absolute atomic E-state index is 0.613. The Morgan fingerprint density at radius 3 is 2.29 bits per heavy atom. The van der Waals surface area contributed by atoms with Crippen LogP contribution in [0.4, 0.5) is 0 Å². The molecule has 0 aliphatic rings. The maximum Gasteiger partial charge on any atom is 0.0589 e. The van der Waals surface area contributed by atoms with E-state index in [0.717, 1.165) is 5.02 Å². The van der Waals surface area contributed by atoms with Crippen molar-refractivity contribution in [3.63, 3.8) is 0 Å². The van der Waals surface area contributed by atoms with Crippen LogP contribution in [0, 0.1) is 0 Å². The molecule has 1 aromatic rings. The van der Waals surface area contributed by atoms with Gasteiger partial charge in [0, 0.05) is 17.8 Å². The Bertz CT molecular complexity index is 250. The Morgan fingerprint density at radius 1 is 1.21 bits per heavy atom. The second-order valence-corrected chi connectivity index (χ2v) is 4.11. The van der Waals surface area contributed by atoms with E-state index >= 15 is 0 Å². The molecular weight excluding hydrogens is 194 g/mol. The highest BCUT2D eigenvalue weighted by Gasteiger charge is 2.10. The van der Waals surface area contributed by atoms with Gasteiger partial charge in [-0.05, 0) is 25.0 Å². The summed E-state index contributed by atoms with van der Waals surface area (Å²) in [6.45, 7) is 4.44. The Labute approximate surface area is 91.5 Å². The monoisotopic (exact) mass is 211 g/mol. The lowest BCUT2D eigenvalue weighted by Gasteiger charge is -2.14. The van der Waals surface area contributed by atoms with E-state index in [2.05, 4.69) is 24.9 Å². The normalized spacial score (nSPS) is 10.9. The molecule has 0 aromatic carbocycles. The van der Waals surface area contributed by atoms with Gasteiger partial charge in [0.15, 0.2) is 0 Å². The molecule has 1 nitrogen and oxygen atoms in total. The molecule has 1 heterocycles. The van der Waals surface area contributed by atoms with Crippen molar-refractivity contribution in [3.05, 3.63) is 29.0 Å². The molecule has 0 aliphatic heterocycles. The largest absolute Gasteiger partial charge is 0.259 e. The quantitative estimate of drug-likeness (QED) is 0.703. The van der Waals surface area contributed by atoms with Gasteiger partial charge in [-0.3, -0.25) is 4.98 Å². The smallest absolute Gasteiger partial charge is 0.0589 e. The van der Waals surface area contributed by atoms with E-state index in [1.165, 1.54) is 31.4 Å². The van der Waals surface area contributed by atoms with Gasteiger partial charge in [0.25, 0.3) is 0 Å². The fourth-order valence-electron chi connectivity index (χ4n) is 1.77. The van der Waals surface area contributed by atoms with E-state index in [1.54, 1.807) is 6.20 Å². The van der Waals surface area contributed by atoms with Crippen LogP contribution in [0.25, 0.3) is 0 Å². The number of aromatic nitrogens is 1. The molecule has 0 bridgehead atoms. The Morgan fingerprint density at radius 2 is 1.86 bits per heavy atom. The van der Waals surface area contributed by atoms with Gasteiger partial charge in [0.05, 0.1) is 5.02 Å². The van der Waals surface area contributed by atoms with Crippen LogP contribution >= 0.6 is 11.6 Å². The van der Waals surface area contributed by atoms with E-state index in [9.17, 15) is 0 Å². The average molecular weight is 212 g/mol. The van der Waals surface area contributed by atoms with Crippen molar-refractivity contribution in [1.29, 1.82) is 0 Å². The van der Waals surface area contributed by atoms with Gasteiger partial charge in [0.2, 0.25) is 0 Å². The highest BCUT2D eigenvalue weighted by Crippen LogP contribution is 2.25. The maximum absolute atomic E-state index is 5.81. The van der Waals surface area contributed by atoms with Crippen molar-refractivity contribution < 1.29 is 0 Å². The van der Waals surface area contributed by atoms with Gasteiger partial charge < -0.3 is 0 Å². The lowest BCUT2D eigenvalue weighted by molar-refractivity contribution is 0.548. The van der Waals surface area contributed by atoms with Gasteiger partial charge >= 0.3 is 0 Å². The van der Waals surface area contributed by atoms with Crippen molar-refractivity contribution in [2.24, 2.45) is 0 Å². The molecule has 1 rings (SSSR count). The molecule has 2 heteroatoms. The van der Waals surface area contributed by atoms with E-state index in [-0.39, 0.29) is 0 Å². The molecule has 0 unspecified atom stereocenters. The van der Waals surface area contributed by atoms with Gasteiger partial charge in [-0.1, -0.05) is 38.3 Å². The van der Waals surface area contributed by atoms with Crippen LogP contribution in [0.15, 0.2) is 18.3 Å². The van der Waals surface area contributed by atoms with Gasteiger partial charge in [0.1, 0.15) is 0 Å². The van der Waals surface area contributed by atoms with Crippen LogP contribution in [-0.2, 0) is 0 Å². The first-order chi connectivity index (χ1) is 6.77. The summed E-state index contributed by atoms with van der Waals surface area (Å²) in [6.07, 6.45) is 6.63. The van der Waals surface area contributed by atoms with E-state index in [4.69, 9.17) is 11.6 Å². The number of hydrogen-bond acceptors (Lipinski definition) is 1. The van der Waals surface area contributed by atoms with Crippen LogP contribution in [0.3, 0.4) is 0 Å². The second-order valence-electron chi connectivity index (χ2n) is 3.68. The molecular formula is C12H18ClN. The van der Waals surface area contributed by atoms with E-state index in [0.29, 0.717) is 5.92 Å². The van der Waals surface area contributed by atoms with Crippen molar-refractivity contribution in [3.8, 4) is 0 Å². The zero-order valence-corrected chi connectivity index (χ0v) is 9.72. The van der Waals surface area contributed by atoms with Gasteiger partial charge in [-0.25, -0.2) is 0 Å². The van der Waals surface area contributed by atoms with Crippen molar-refractivity contribution in [2.45, 2.75) is 45.4 Å². The number of rotatable bonds is 5. The number of pyridine rings is 1. The summed E-state index contributed by atoms with van der Waals surface area (Å²) in [5.41, 5.74) is 1.19. The van der Waals surface area contributed by atoms with E-state index < -0.39 is 0 Å². The van der Waals surface area contributed by atoms with Gasteiger partial charge in [-0.2, -0.15) is 0 Å². The van der Waals surface area contributed by atoms with Crippen molar-refractivity contribution >= 4 is 11.6 Å². The van der Waals surface area contributed by atoms with Crippen LogP contribution in [0.2, 0.25) is 5.02 Å². The summed E-state index contributed by atoms with van der Waals surface area (Å²) in [6, 6.07) is 3.99. The molecule has 0 amide bonds. The maximum atomic E-state index is 5.81. The first-order valence-electron chi connectivity index (χ1n) is 5.39. The molecule has 1 aromatic heterocycles. The zero-order chi connectivity index (χ0) is 10.4. The summed E-state index contributed by atoms with van der Waals surface area (Å²) in [4.78, 5) is 4.38. The summed E-state index contributed by atoms with van der Waals surface area (Å²) >= 11 is 5.81. The van der Waals surface area contributed by atoms with Gasteiger partial charge in [-0.15, -0.1) is 0 Å². The Hall–Kier alpha value is -0.560. The molecule has 0 saturated heterocycles. The Kier molecular flexibility index (Phi) is 4.95. The molecule has 78 valence electrons. The second kappa shape index (κ2) is 6.02. The number of halogens is 1. The van der Waals surface area contributed by atoms with Crippen LogP contribution in [0.1, 0.15) is 51.1 Å². The van der Waals surface area contributed by atoms with E-state index in [1.807, 2.05) is 6.07 Å². The highest BCUT2D eigenvalue weighted by molar-refractivity contribution is 6.30. The van der Waals surface area contributed by atoms with Crippen LogP contribution in [-0.4, -0.2) is 4.98 Å². The summed E-state index contributed by atoms with van der Waals surface area (Å²) in [5.74, 6) is 0.613. The third-order valence-electron chi connectivity index (χ3n) is 2.44. The predicted molar refractivity (Wildman–Crippen MR) is 61.8 cm³/mol. The molecule has 0 aliphatic carbocycles. The average Bonchev–Trinajstić information content (AvgIpc) is 2.19. The molecule has 0 N–H and O–H groups in total. The zero-order valence-electron chi connectivity index (χ0n) is 8.96. The van der Waals surface area contributed by atoms with Crippen LogP contribution in [0.5, 0.6) is 0 Å². The highest BCUT2D eigenvalue weighted by atomic mass is 35.5. The fraction of sp³-hybridized carbons (Fsp3) is 0.583. The first-order valence-corrected chi connectivity index (χ1v) is 5.77. The van der Waals surface area contributed by atoms with Crippen molar-refractivity contribution in [1.82, 2.24) is 4.98 Å². The molecule has 0 fully saturated rings. The summed E-state index contributed by atoms with van der Waals surface area (Å²) in [7, 11) is 0. The number of nitrogens with zero attached hydrogens (tertiary/aromatic N) is 1. The predicted octanol–water partition coefficient (Wildman–Crippen LogP) is 4.42. The lowest BCUT2D eigenvalue weighted by atomic mass is 9.94. The molecule has 0 spiro atoms. The first kappa shape index (κ1) is 11.5. The molecule has 0 atom stereocenters. The Balaban J connectivity index is 2.71. The van der Waals surface area contributed by atoms with Crippen LogP contribution < -0.4 is 0 Å². The third-order valence-corrected chi connectivity index (χ3v) is 2.67. The minimum atomic E-state index is 0.613. The molecule has 0 radical (unpaired) electrons. The fourth-order valence-corrected chi connectivity index (χ4v) is 1.88. The summed E-state index contributed by atoms with van der Waals surface area (Å²) in [5, 5.41) is 0.723.